The van der Waals surface area contributed by atoms with Gasteiger partial charge in [-0.15, -0.1) is 0 Å². The topological polar surface area (TPSA) is 0 Å². The standard InChI is InChI=1S/C7H3BrF4/c8-4-1-2-5(6(9)3-4)7(10,11)12/h1-3H/i1D,2D,3D. The number of rotatable bonds is 0. The molecule has 0 saturated heterocycles. The summed E-state index contributed by atoms with van der Waals surface area (Å²) in [6, 6.07) is -3.19. The second kappa shape index (κ2) is 3.05. The lowest BCUT2D eigenvalue weighted by Gasteiger charge is -2.06. The van der Waals surface area contributed by atoms with Crippen LogP contribution >= 0.6 is 15.9 Å². The van der Waals surface area contributed by atoms with Crippen LogP contribution in [0.15, 0.2) is 22.6 Å². The highest BCUT2D eigenvalue weighted by Gasteiger charge is 2.33. The van der Waals surface area contributed by atoms with E-state index in [1.165, 1.54) is 0 Å². The lowest BCUT2D eigenvalue weighted by atomic mass is 10.2. The molecule has 0 aliphatic heterocycles. The Morgan fingerprint density at radius 2 is 1.92 bits per heavy atom. The van der Waals surface area contributed by atoms with E-state index in [2.05, 4.69) is 15.9 Å². The molecule has 0 spiro atoms. The average Bonchev–Trinajstić information content (AvgIpc) is 2.09. The van der Waals surface area contributed by atoms with Crippen LogP contribution in [-0.2, 0) is 6.18 Å². The van der Waals surface area contributed by atoms with Gasteiger partial charge in [0, 0.05) is 4.47 Å². The van der Waals surface area contributed by atoms with E-state index >= 15 is 0 Å². The Morgan fingerprint density at radius 1 is 1.33 bits per heavy atom. The van der Waals surface area contributed by atoms with Gasteiger partial charge >= 0.3 is 6.18 Å². The van der Waals surface area contributed by atoms with Crippen LogP contribution in [0, 0.1) is 5.82 Å². The minimum Gasteiger partial charge on any atom is -0.206 e. The molecule has 0 heterocycles. The summed E-state index contributed by atoms with van der Waals surface area (Å²) in [6.07, 6.45) is -5.08. The van der Waals surface area contributed by atoms with Crippen LogP contribution in [0.4, 0.5) is 17.6 Å². The van der Waals surface area contributed by atoms with Gasteiger partial charge in [0.2, 0.25) is 0 Å². The fourth-order valence-electron chi connectivity index (χ4n) is 0.558. The van der Waals surface area contributed by atoms with Gasteiger partial charge in [0.05, 0.1) is 9.68 Å². The molecule has 12 heavy (non-hydrogen) atoms. The zero-order valence-corrected chi connectivity index (χ0v) is 6.98. The number of hydrogen-bond donors (Lipinski definition) is 0. The molecule has 0 N–H and O–H groups in total. The van der Waals surface area contributed by atoms with Gasteiger partial charge in [-0.3, -0.25) is 0 Å². The van der Waals surface area contributed by atoms with Gasteiger partial charge < -0.3 is 0 Å². The Balaban J connectivity index is 3.68. The SMILES string of the molecule is [2H]c1c([2H])c(C(F)(F)F)c(F)c([2H])c1Br. The quantitative estimate of drug-likeness (QED) is 0.613. The van der Waals surface area contributed by atoms with Crippen molar-refractivity contribution in [2.75, 3.05) is 0 Å². The summed E-state index contributed by atoms with van der Waals surface area (Å²) < 4.78 is 70.4. The monoisotopic (exact) mass is 245 g/mol. The third-order valence-electron chi connectivity index (χ3n) is 1.02. The molecule has 0 aliphatic rings. The highest BCUT2D eigenvalue weighted by Crippen LogP contribution is 2.32. The van der Waals surface area contributed by atoms with Gasteiger partial charge in [0.15, 0.2) is 0 Å². The molecule has 1 aromatic carbocycles. The van der Waals surface area contributed by atoms with E-state index < -0.39 is 40.2 Å². The third kappa shape index (κ3) is 1.97. The molecule has 0 fully saturated rings. The summed E-state index contributed by atoms with van der Waals surface area (Å²) in [4.78, 5) is 0. The fraction of sp³-hybridized carbons (Fsp3) is 0.143. The maximum absolute atomic E-state index is 13.1. The van der Waals surface area contributed by atoms with E-state index in [4.69, 9.17) is 4.11 Å². The number of halogens is 5. The Morgan fingerprint density at radius 3 is 2.42 bits per heavy atom. The number of hydrogen-bond acceptors (Lipinski definition) is 0. The molecule has 1 rings (SSSR count). The normalized spacial score (nSPS) is 15.2. The molecule has 0 aliphatic carbocycles. The molecule has 0 atom stereocenters. The molecule has 0 saturated carbocycles. The third-order valence-corrected chi connectivity index (χ3v) is 1.42. The average molecular weight is 246 g/mol. The molecule has 0 bridgehead atoms. The zero-order valence-electron chi connectivity index (χ0n) is 8.39. The summed E-state index contributed by atoms with van der Waals surface area (Å²) >= 11 is 2.58. The summed E-state index contributed by atoms with van der Waals surface area (Å²) in [5, 5.41) is 0. The van der Waals surface area contributed by atoms with Crippen molar-refractivity contribution < 1.29 is 21.7 Å². The molecule has 5 heteroatoms. The Kier molecular flexibility index (Phi) is 1.51. The van der Waals surface area contributed by atoms with Crippen molar-refractivity contribution in [1.29, 1.82) is 0 Å². The van der Waals surface area contributed by atoms with Crippen LogP contribution in [0.2, 0.25) is 0 Å². The summed E-state index contributed by atoms with van der Waals surface area (Å²) in [7, 11) is 0. The summed E-state index contributed by atoms with van der Waals surface area (Å²) in [5.74, 6) is -1.84. The first kappa shape index (κ1) is 5.96. The highest BCUT2D eigenvalue weighted by atomic mass is 79.9. The van der Waals surface area contributed by atoms with E-state index in [0.29, 0.717) is 0 Å². The first-order valence-electron chi connectivity index (χ1n) is 4.19. The van der Waals surface area contributed by atoms with Gasteiger partial charge in [-0.1, -0.05) is 15.9 Å². The molecular weight excluding hydrogens is 240 g/mol. The van der Waals surface area contributed by atoms with Crippen LogP contribution in [0.1, 0.15) is 9.68 Å². The van der Waals surface area contributed by atoms with E-state index in [-0.39, 0.29) is 0 Å². The molecular formula is C7H3BrF4. The minimum atomic E-state index is -5.08. The van der Waals surface area contributed by atoms with Crippen molar-refractivity contribution in [3.63, 3.8) is 0 Å². The number of alkyl halides is 3. The first-order chi connectivity index (χ1) is 6.68. The largest absolute Gasteiger partial charge is 0.419 e. The number of benzene rings is 1. The Labute approximate surface area is 78.5 Å². The van der Waals surface area contributed by atoms with E-state index in [1.54, 1.807) is 0 Å². The highest BCUT2D eigenvalue weighted by molar-refractivity contribution is 9.10. The van der Waals surface area contributed by atoms with E-state index in [9.17, 15) is 17.6 Å². The maximum atomic E-state index is 13.1. The van der Waals surface area contributed by atoms with Gasteiger partial charge in [0.25, 0.3) is 0 Å². The van der Waals surface area contributed by atoms with E-state index in [1.807, 2.05) is 0 Å². The van der Waals surface area contributed by atoms with Crippen LogP contribution in [0.3, 0.4) is 0 Å². The van der Waals surface area contributed by atoms with Crippen molar-refractivity contribution >= 4 is 15.9 Å². The van der Waals surface area contributed by atoms with Crippen molar-refractivity contribution in [1.82, 2.24) is 0 Å². The van der Waals surface area contributed by atoms with Crippen molar-refractivity contribution in [3.05, 3.63) is 34.0 Å². The Bertz CT molecular complexity index is 387. The van der Waals surface area contributed by atoms with Gasteiger partial charge in [-0.2, -0.15) is 13.2 Å². The molecule has 0 aromatic heterocycles. The van der Waals surface area contributed by atoms with Crippen LogP contribution in [0.5, 0.6) is 0 Å². The molecule has 0 unspecified atom stereocenters. The smallest absolute Gasteiger partial charge is 0.206 e. The molecule has 0 amide bonds. The summed E-state index contributed by atoms with van der Waals surface area (Å²) in [5.41, 5.74) is -1.87. The van der Waals surface area contributed by atoms with E-state index in [0.717, 1.165) is 0 Å². The predicted octanol–water partition coefficient (Wildman–Crippen LogP) is 3.61. The maximum Gasteiger partial charge on any atom is 0.419 e. The second-order valence-electron chi connectivity index (χ2n) is 1.88. The second-order valence-corrected chi connectivity index (χ2v) is 2.67. The van der Waals surface area contributed by atoms with Crippen LogP contribution in [0.25, 0.3) is 0 Å². The van der Waals surface area contributed by atoms with Crippen molar-refractivity contribution in [3.8, 4) is 0 Å². The lowest BCUT2D eigenvalue weighted by Crippen LogP contribution is -2.07. The molecule has 0 radical (unpaired) electrons. The summed E-state index contributed by atoms with van der Waals surface area (Å²) in [6.45, 7) is 0. The van der Waals surface area contributed by atoms with Crippen LogP contribution < -0.4 is 0 Å². The van der Waals surface area contributed by atoms with Crippen LogP contribution in [-0.4, -0.2) is 0 Å². The van der Waals surface area contributed by atoms with Gasteiger partial charge in [0.1, 0.15) is 5.82 Å². The molecule has 0 nitrogen and oxygen atoms in total. The minimum absolute atomic E-state index is 0.460. The zero-order chi connectivity index (χ0) is 12.0. The fourth-order valence-corrected chi connectivity index (χ4v) is 0.831. The van der Waals surface area contributed by atoms with Crippen molar-refractivity contribution in [2.24, 2.45) is 0 Å². The molecule has 66 valence electrons. The lowest BCUT2D eigenvalue weighted by molar-refractivity contribution is -0.140. The Hall–Kier alpha value is -0.580. The van der Waals surface area contributed by atoms with Crippen molar-refractivity contribution in [2.45, 2.75) is 6.18 Å². The van der Waals surface area contributed by atoms with Gasteiger partial charge in [-0.25, -0.2) is 4.39 Å². The van der Waals surface area contributed by atoms with Gasteiger partial charge in [-0.05, 0) is 18.1 Å². The predicted molar refractivity (Wildman–Crippen MR) is 39.1 cm³/mol. The molecule has 1 aromatic rings. The first-order valence-corrected chi connectivity index (χ1v) is 3.49.